The molecule has 1 rings (SSSR count). The molecule has 0 fully saturated rings. The van der Waals surface area contributed by atoms with Crippen molar-refractivity contribution in [2.75, 3.05) is 13.2 Å². The third-order valence-corrected chi connectivity index (χ3v) is 5.33. The predicted octanol–water partition coefficient (Wildman–Crippen LogP) is 3.77. The average molecular weight is 516 g/mol. The largest absolute Gasteiger partial charge is 0.466 e. The van der Waals surface area contributed by atoms with Crippen molar-refractivity contribution >= 4 is 23.9 Å². The van der Waals surface area contributed by atoms with E-state index in [9.17, 15) is 19.2 Å². The van der Waals surface area contributed by atoms with Gasteiger partial charge in [-0.25, -0.2) is 4.79 Å². The molecule has 0 aliphatic heterocycles. The molecule has 9 nitrogen and oxygen atoms in total. The fourth-order valence-electron chi connectivity index (χ4n) is 3.83. The molecule has 3 amide bonds. The second-order valence-corrected chi connectivity index (χ2v) is 10.2. The van der Waals surface area contributed by atoms with Crippen molar-refractivity contribution in [2.45, 2.75) is 85.9 Å². The van der Waals surface area contributed by atoms with Crippen molar-refractivity contribution in [3.05, 3.63) is 34.9 Å². The van der Waals surface area contributed by atoms with Crippen LogP contribution in [0.5, 0.6) is 0 Å². The molecule has 0 heterocycles. The number of alkyl carbamates (subject to hydrolysis) is 1. The van der Waals surface area contributed by atoms with E-state index in [4.69, 9.17) is 15.9 Å². The van der Waals surface area contributed by atoms with Gasteiger partial charge in [0.15, 0.2) is 0 Å². The molecular weight excluding hydrogens is 474 g/mol. The van der Waals surface area contributed by atoms with Gasteiger partial charge in [-0.05, 0) is 70.6 Å². The van der Waals surface area contributed by atoms with Crippen molar-refractivity contribution < 1.29 is 28.7 Å². The lowest BCUT2D eigenvalue weighted by Gasteiger charge is -2.32. The van der Waals surface area contributed by atoms with Crippen molar-refractivity contribution in [1.29, 1.82) is 0 Å². The zero-order valence-electron chi connectivity index (χ0n) is 23.3. The van der Waals surface area contributed by atoms with Gasteiger partial charge in [-0.3, -0.25) is 19.3 Å². The molecule has 2 N–H and O–H groups in total. The van der Waals surface area contributed by atoms with Gasteiger partial charge in [-0.2, -0.15) is 0 Å². The van der Waals surface area contributed by atoms with E-state index in [1.54, 1.807) is 27.7 Å². The number of ether oxygens (including phenoxy) is 2. The number of terminal acetylenes is 1. The molecule has 0 bridgehead atoms. The molecule has 0 aromatic heterocycles. The first-order chi connectivity index (χ1) is 17.2. The molecular formula is C28H41N3O6. The summed E-state index contributed by atoms with van der Waals surface area (Å²) in [7, 11) is 0. The number of esters is 1. The van der Waals surface area contributed by atoms with Gasteiger partial charge < -0.3 is 20.1 Å². The van der Waals surface area contributed by atoms with Crippen LogP contribution >= 0.6 is 0 Å². The fourth-order valence-corrected chi connectivity index (χ4v) is 3.83. The summed E-state index contributed by atoms with van der Waals surface area (Å²) in [5.74, 6) is -1.58. The van der Waals surface area contributed by atoms with Gasteiger partial charge in [0, 0.05) is 12.6 Å². The van der Waals surface area contributed by atoms with E-state index >= 15 is 0 Å². The number of hydrogen-bond donors (Lipinski definition) is 2. The Hall–Kier alpha value is -3.54. The lowest BCUT2D eigenvalue weighted by molar-refractivity contribution is -0.143. The minimum atomic E-state index is -1.18. The number of amides is 3. The van der Waals surface area contributed by atoms with Gasteiger partial charge in [0.05, 0.1) is 13.0 Å². The Kier molecular flexibility index (Phi) is 12.1. The van der Waals surface area contributed by atoms with Gasteiger partial charge in [0.25, 0.3) is 5.91 Å². The van der Waals surface area contributed by atoms with Crippen LogP contribution < -0.4 is 10.6 Å². The van der Waals surface area contributed by atoms with Crippen molar-refractivity contribution in [2.24, 2.45) is 5.92 Å². The number of nitrogens with zero attached hydrogens (tertiary/aromatic N) is 1. The van der Waals surface area contributed by atoms with E-state index in [2.05, 4.69) is 16.7 Å². The number of benzene rings is 1. The standard InChI is InChI=1S/C28H41N3O6/c1-10-31(26(34)21(17-18(3)4)30-27(35)37-28(7,8)9)24(23-19(5)13-12-14-20(23)6)25(33)29-16-15-22(32)36-11-2/h1,12-14,18,21,24H,11,15-17H2,2-9H3,(H,29,33)(H,30,35). The van der Waals surface area contributed by atoms with Crippen LogP contribution in [0.1, 0.15) is 77.1 Å². The topological polar surface area (TPSA) is 114 Å². The molecule has 37 heavy (non-hydrogen) atoms. The van der Waals surface area contributed by atoms with Crippen LogP contribution in [0.3, 0.4) is 0 Å². The minimum absolute atomic E-state index is 0.0112. The fraction of sp³-hybridized carbons (Fsp3) is 0.571. The molecule has 1 aromatic rings. The molecule has 0 radical (unpaired) electrons. The van der Waals surface area contributed by atoms with E-state index in [0.717, 1.165) is 16.0 Å². The molecule has 204 valence electrons. The lowest BCUT2D eigenvalue weighted by atomic mass is 9.93. The molecule has 0 spiro atoms. The smallest absolute Gasteiger partial charge is 0.408 e. The van der Waals surface area contributed by atoms with Gasteiger partial charge in [-0.1, -0.05) is 38.5 Å². The quantitative estimate of drug-likeness (QED) is 0.263. The van der Waals surface area contributed by atoms with Crippen molar-refractivity contribution in [1.82, 2.24) is 15.5 Å². The average Bonchev–Trinajstić information content (AvgIpc) is 2.76. The Morgan fingerprint density at radius 3 is 2.19 bits per heavy atom. The van der Waals surface area contributed by atoms with Gasteiger partial charge in [-0.15, -0.1) is 0 Å². The molecule has 2 unspecified atom stereocenters. The first-order valence-electron chi connectivity index (χ1n) is 12.5. The number of carbonyl (C=O) groups is 4. The van der Waals surface area contributed by atoms with Gasteiger partial charge >= 0.3 is 12.1 Å². The maximum absolute atomic E-state index is 13.8. The third-order valence-electron chi connectivity index (χ3n) is 5.33. The number of nitrogens with one attached hydrogen (secondary N) is 2. The molecule has 0 saturated carbocycles. The van der Waals surface area contributed by atoms with Crippen LogP contribution in [0.2, 0.25) is 0 Å². The lowest BCUT2D eigenvalue weighted by Crippen LogP contribution is -2.52. The van der Waals surface area contributed by atoms with Gasteiger partial charge in [0.1, 0.15) is 17.7 Å². The summed E-state index contributed by atoms with van der Waals surface area (Å²) in [5.41, 5.74) is 1.34. The first-order valence-corrected chi connectivity index (χ1v) is 12.5. The van der Waals surface area contributed by atoms with Crippen LogP contribution in [0.25, 0.3) is 0 Å². The number of hydrogen-bond acceptors (Lipinski definition) is 6. The highest BCUT2D eigenvalue weighted by atomic mass is 16.6. The zero-order chi connectivity index (χ0) is 28.3. The normalized spacial score (nSPS) is 12.6. The van der Waals surface area contributed by atoms with Crippen molar-refractivity contribution in [3.8, 4) is 12.5 Å². The SMILES string of the molecule is C#CN(C(=O)C(CC(C)C)NC(=O)OC(C)(C)C)C(C(=O)NCCC(=O)OCC)c1c(C)cccc1C. The summed E-state index contributed by atoms with van der Waals surface area (Å²) in [6, 6.07) is 5.66. The Bertz CT molecular complexity index is 986. The van der Waals surface area contributed by atoms with Crippen LogP contribution in [0, 0.1) is 32.2 Å². The summed E-state index contributed by atoms with van der Waals surface area (Å²) in [4.78, 5) is 52.5. The minimum Gasteiger partial charge on any atom is -0.466 e. The van der Waals surface area contributed by atoms with Crippen molar-refractivity contribution in [3.63, 3.8) is 0 Å². The molecule has 0 aliphatic rings. The van der Waals surface area contributed by atoms with E-state index in [1.807, 2.05) is 45.9 Å². The van der Waals surface area contributed by atoms with Crippen LogP contribution in [-0.2, 0) is 23.9 Å². The summed E-state index contributed by atoms with van der Waals surface area (Å²) >= 11 is 0. The predicted molar refractivity (Wildman–Crippen MR) is 141 cm³/mol. The number of carbonyl (C=O) groups excluding carboxylic acids is 4. The van der Waals surface area contributed by atoms with Crippen LogP contribution in [0.4, 0.5) is 4.79 Å². The number of rotatable bonds is 11. The second-order valence-electron chi connectivity index (χ2n) is 10.2. The Labute approximate surface area is 220 Å². The summed E-state index contributed by atoms with van der Waals surface area (Å²) in [5, 5.41) is 5.33. The molecule has 2 atom stereocenters. The number of aryl methyl sites for hydroxylation is 2. The maximum Gasteiger partial charge on any atom is 0.408 e. The van der Waals surface area contributed by atoms with E-state index < -0.39 is 41.6 Å². The summed E-state index contributed by atoms with van der Waals surface area (Å²) in [6.45, 7) is 14.6. The monoisotopic (exact) mass is 515 g/mol. The van der Waals surface area contributed by atoms with E-state index in [0.29, 0.717) is 5.56 Å². The van der Waals surface area contributed by atoms with Gasteiger partial charge in [0.2, 0.25) is 5.91 Å². The second kappa shape index (κ2) is 14.3. The Morgan fingerprint density at radius 2 is 1.70 bits per heavy atom. The highest BCUT2D eigenvalue weighted by Crippen LogP contribution is 2.28. The Balaban J connectivity index is 3.39. The molecule has 0 saturated heterocycles. The highest BCUT2D eigenvalue weighted by molar-refractivity contribution is 5.93. The third kappa shape index (κ3) is 10.2. The molecule has 0 aliphatic carbocycles. The van der Waals surface area contributed by atoms with E-state index in [-0.39, 0.29) is 31.9 Å². The first kappa shape index (κ1) is 31.5. The molecule has 9 heteroatoms. The zero-order valence-corrected chi connectivity index (χ0v) is 23.3. The van der Waals surface area contributed by atoms with Crippen LogP contribution in [0.15, 0.2) is 18.2 Å². The summed E-state index contributed by atoms with van der Waals surface area (Å²) < 4.78 is 10.3. The van der Waals surface area contributed by atoms with Crippen LogP contribution in [-0.4, -0.2) is 53.6 Å². The summed E-state index contributed by atoms with van der Waals surface area (Å²) in [6.07, 6.45) is 5.32. The highest BCUT2D eigenvalue weighted by Gasteiger charge is 2.37. The molecule has 1 aromatic carbocycles. The maximum atomic E-state index is 13.8. The van der Waals surface area contributed by atoms with E-state index in [1.165, 1.54) is 0 Å². The Morgan fingerprint density at radius 1 is 1.11 bits per heavy atom.